The molecule has 7 heteroatoms. The maximum absolute atomic E-state index is 11.9. The Morgan fingerprint density at radius 3 is 2.70 bits per heavy atom. The topological polar surface area (TPSA) is 72.7 Å². The number of aromatic nitrogens is 4. The quantitative estimate of drug-likeness (QED) is 0.932. The van der Waals surface area contributed by atoms with E-state index < -0.39 is 0 Å². The van der Waals surface area contributed by atoms with Crippen molar-refractivity contribution in [2.45, 2.75) is 62.9 Å². The molecule has 2 aromatic rings. The van der Waals surface area contributed by atoms with Crippen LogP contribution in [0.25, 0.3) is 0 Å². The SMILES string of the molecule is O=c1cccnn1C1CCC(Nc2nc(C3CCC3)ns2)CC1. The molecule has 0 spiro atoms. The highest BCUT2D eigenvalue weighted by molar-refractivity contribution is 7.09. The van der Waals surface area contributed by atoms with Crippen LogP contribution in [0.4, 0.5) is 5.13 Å². The summed E-state index contributed by atoms with van der Waals surface area (Å²) in [4.78, 5) is 16.5. The van der Waals surface area contributed by atoms with Gasteiger partial charge < -0.3 is 5.32 Å². The number of hydrogen-bond acceptors (Lipinski definition) is 6. The summed E-state index contributed by atoms with van der Waals surface area (Å²) in [6.45, 7) is 0. The van der Waals surface area contributed by atoms with Crippen LogP contribution >= 0.6 is 11.5 Å². The summed E-state index contributed by atoms with van der Waals surface area (Å²) in [5, 5.41) is 8.69. The fraction of sp³-hybridized carbons (Fsp3) is 0.625. The molecule has 0 unspecified atom stereocenters. The molecule has 2 aliphatic rings. The van der Waals surface area contributed by atoms with Crippen LogP contribution in [-0.2, 0) is 0 Å². The van der Waals surface area contributed by atoms with E-state index in [1.807, 2.05) is 0 Å². The third kappa shape index (κ3) is 3.15. The van der Waals surface area contributed by atoms with Crippen molar-refractivity contribution >= 4 is 16.7 Å². The predicted octanol–water partition coefficient (Wildman–Crippen LogP) is 2.96. The summed E-state index contributed by atoms with van der Waals surface area (Å²) < 4.78 is 6.13. The maximum Gasteiger partial charge on any atom is 0.266 e. The minimum Gasteiger partial charge on any atom is -0.358 e. The molecule has 2 fully saturated rings. The maximum atomic E-state index is 11.9. The smallest absolute Gasteiger partial charge is 0.266 e. The molecule has 2 aliphatic carbocycles. The first kappa shape index (κ1) is 14.8. The van der Waals surface area contributed by atoms with E-state index in [2.05, 4.69) is 19.8 Å². The fourth-order valence-corrected chi connectivity index (χ4v) is 4.13. The van der Waals surface area contributed by atoms with Crippen molar-refractivity contribution in [2.75, 3.05) is 5.32 Å². The van der Waals surface area contributed by atoms with Gasteiger partial charge in [0.05, 0.1) is 6.04 Å². The van der Waals surface area contributed by atoms with Gasteiger partial charge >= 0.3 is 0 Å². The third-order valence-electron chi connectivity index (χ3n) is 5.02. The lowest BCUT2D eigenvalue weighted by atomic mass is 9.85. The average Bonchev–Trinajstić information content (AvgIpc) is 2.95. The van der Waals surface area contributed by atoms with Gasteiger partial charge in [-0.3, -0.25) is 4.79 Å². The molecule has 2 heterocycles. The van der Waals surface area contributed by atoms with Crippen molar-refractivity contribution in [3.8, 4) is 0 Å². The van der Waals surface area contributed by atoms with Crippen molar-refractivity contribution in [1.29, 1.82) is 0 Å². The third-order valence-corrected chi connectivity index (χ3v) is 5.68. The van der Waals surface area contributed by atoms with Crippen molar-refractivity contribution in [2.24, 2.45) is 0 Å². The molecule has 23 heavy (non-hydrogen) atoms. The Labute approximate surface area is 139 Å². The molecule has 0 atom stereocenters. The Kier molecular flexibility index (Phi) is 4.11. The average molecular weight is 331 g/mol. The van der Waals surface area contributed by atoms with Crippen LogP contribution in [-0.4, -0.2) is 25.2 Å². The Hall–Kier alpha value is -1.76. The van der Waals surface area contributed by atoms with Crippen molar-refractivity contribution < 1.29 is 0 Å². The largest absolute Gasteiger partial charge is 0.358 e. The standard InChI is InChI=1S/C16H21N5OS/c22-14-5-2-10-17-21(14)13-8-6-12(7-9-13)18-16-19-15(20-23-16)11-3-1-4-11/h2,5,10-13H,1,3-4,6-9H2,(H,18,19,20). The normalized spacial score (nSPS) is 25.0. The molecule has 0 radical (unpaired) electrons. The molecule has 0 amide bonds. The molecule has 6 nitrogen and oxygen atoms in total. The van der Waals surface area contributed by atoms with Crippen LogP contribution in [0.15, 0.2) is 23.1 Å². The highest BCUT2D eigenvalue weighted by Gasteiger charge is 2.26. The first-order valence-electron chi connectivity index (χ1n) is 8.43. The van der Waals surface area contributed by atoms with Gasteiger partial charge in [-0.2, -0.15) is 9.47 Å². The summed E-state index contributed by atoms with van der Waals surface area (Å²) in [5.41, 5.74) is -0.00169. The van der Waals surface area contributed by atoms with Gasteiger partial charge in [-0.05, 0) is 44.6 Å². The van der Waals surface area contributed by atoms with E-state index in [1.165, 1.54) is 30.8 Å². The second kappa shape index (κ2) is 6.39. The van der Waals surface area contributed by atoms with E-state index >= 15 is 0 Å². The van der Waals surface area contributed by atoms with E-state index in [4.69, 9.17) is 0 Å². The Morgan fingerprint density at radius 1 is 1.17 bits per heavy atom. The molecule has 0 bridgehead atoms. The van der Waals surface area contributed by atoms with Gasteiger partial charge in [0.15, 0.2) is 0 Å². The Bertz CT molecular complexity index is 715. The zero-order valence-electron chi connectivity index (χ0n) is 13.0. The van der Waals surface area contributed by atoms with E-state index in [-0.39, 0.29) is 11.6 Å². The van der Waals surface area contributed by atoms with Gasteiger partial charge in [0.1, 0.15) is 5.82 Å². The minimum absolute atomic E-state index is 0.00169. The van der Waals surface area contributed by atoms with Crippen LogP contribution in [0.2, 0.25) is 0 Å². The summed E-state index contributed by atoms with van der Waals surface area (Å²) in [6, 6.07) is 3.93. The van der Waals surface area contributed by atoms with Crippen LogP contribution in [0, 0.1) is 0 Å². The zero-order valence-corrected chi connectivity index (χ0v) is 13.8. The van der Waals surface area contributed by atoms with Crippen molar-refractivity contribution in [1.82, 2.24) is 19.1 Å². The fourth-order valence-electron chi connectivity index (χ4n) is 3.41. The second-order valence-corrected chi connectivity index (χ2v) is 7.29. The van der Waals surface area contributed by atoms with Crippen LogP contribution in [0.1, 0.15) is 62.7 Å². The van der Waals surface area contributed by atoms with Gasteiger partial charge in [0, 0.05) is 35.8 Å². The molecule has 0 saturated heterocycles. The number of anilines is 1. The molecule has 2 aromatic heterocycles. The first-order valence-corrected chi connectivity index (χ1v) is 9.21. The van der Waals surface area contributed by atoms with Gasteiger partial charge in [-0.25, -0.2) is 9.67 Å². The summed E-state index contributed by atoms with van der Waals surface area (Å²) >= 11 is 1.48. The summed E-state index contributed by atoms with van der Waals surface area (Å²) in [6.07, 6.45) is 9.49. The Morgan fingerprint density at radius 2 is 2.00 bits per heavy atom. The lowest BCUT2D eigenvalue weighted by molar-refractivity contribution is 0.303. The number of nitrogens with zero attached hydrogens (tertiary/aromatic N) is 4. The molecule has 0 aromatic carbocycles. The van der Waals surface area contributed by atoms with E-state index in [9.17, 15) is 4.79 Å². The zero-order chi connectivity index (χ0) is 15.6. The molecular weight excluding hydrogens is 310 g/mol. The van der Waals surface area contributed by atoms with E-state index in [0.29, 0.717) is 12.0 Å². The summed E-state index contributed by atoms with van der Waals surface area (Å²) in [7, 11) is 0. The van der Waals surface area contributed by atoms with Gasteiger partial charge in [-0.1, -0.05) is 6.42 Å². The lowest BCUT2D eigenvalue weighted by Gasteiger charge is -2.29. The van der Waals surface area contributed by atoms with Gasteiger partial charge in [0.2, 0.25) is 5.13 Å². The molecule has 4 rings (SSSR count). The van der Waals surface area contributed by atoms with E-state index in [1.54, 1.807) is 23.0 Å². The van der Waals surface area contributed by atoms with Crippen LogP contribution in [0.5, 0.6) is 0 Å². The van der Waals surface area contributed by atoms with Crippen LogP contribution < -0.4 is 10.9 Å². The minimum atomic E-state index is -0.00169. The van der Waals surface area contributed by atoms with Crippen LogP contribution in [0.3, 0.4) is 0 Å². The highest BCUT2D eigenvalue weighted by atomic mass is 32.1. The molecular formula is C16H21N5OS. The van der Waals surface area contributed by atoms with Crippen molar-refractivity contribution in [3.05, 3.63) is 34.5 Å². The van der Waals surface area contributed by atoms with E-state index in [0.717, 1.165) is 36.6 Å². The van der Waals surface area contributed by atoms with Crippen molar-refractivity contribution in [3.63, 3.8) is 0 Å². The summed E-state index contributed by atoms with van der Waals surface area (Å²) in [5.74, 6) is 1.62. The molecule has 122 valence electrons. The number of hydrogen-bond donors (Lipinski definition) is 1. The van der Waals surface area contributed by atoms with Gasteiger partial charge in [0.25, 0.3) is 5.56 Å². The Balaban J connectivity index is 1.34. The number of nitrogens with one attached hydrogen (secondary N) is 1. The molecule has 1 N–H and O–H groups in total. The highest BCUT2D eigenvalue weighted by Crippen LogP contribution is 2.36. The predicted molar refractivity (Wildman–Crippen MR) is 89.9 cm³/mol. The van der Waals surface area contributed by atoms with Gasteiger partial charge in [-0.15, -0.1) is 0 Å². The first-order chi connectivity index (χ1) is 11.3. The second-order valence-electron chi connectivity index (χ2n) is 6.54. The number of rotatable bonds is 4. The monoisotopic (exact) mass is 331 g/mol. The lowest BCUT2D eigenvalue weighted by Crippen LogP contribution is -2.32. The molecule has 0 aliphatic heterocycles. The molecule has 2 saturated carbocycles.